The predicted octanol–water partition coefficient (Wildman–Crippen LogP) is 3.21. The third-order valence-electron chi connectivity index (χ3n) is 3.12. The van der Waals surface area contributed by atoms with E-state index in [0.29, 0.717) is 12.5 Å². The maximum absolute atomic E-state index is 12.0. The first kappa shape index (κ1) is 18.6. The standard InChI is InChI=1S/C15H25BrN2O2S/c1-12(2)17-10-4-5-11-21(19,20)18-13(3)14-6-8-15(16)9-7-14/h6-9,12-13,17-18H,4-5,10-11H2,1-3H3. The van der Waals surface area contributed by atoms with Gasteiger partial charge in [-0.1, -0.05) is 41.9 Å². The van der Waals surface area contributed by atoms with Crippen LogP contribution >= 0.6 is 15.9 Å². The summed E-state index contributed by atoms with van der Waals surface area (Å²) in [7, 11) is -3.23. The van der Waals surface area contributed by atoms with Crippen molar-refractivity contribution in [3.63, 3.8) is 0 Å². The Kier molecular flexibility index (Phi) is 7.87. The van der Waals surface area contributed by atoms with Crippen LogP contribution in [-0.4, -0.2) is 26.8 Å². The Morgan fingerprint density at radius 2 is 1.71 bits per heavy atom. The summed E-state index contributed by atoms with van der Waals surface area (Å²) in [5.74, 6) is 0.174. The van der Waals surface area contributed by atoms with Crippen LogP contribution < -0.4 is 10.0 Å². The lowest BCUT2D eigenvalue weighted by molar-refractivity contribution is 0.549. The van der Waals surface area contributed by atoms with Gasteiger partial charge in [0, 0.05) is 16.6 Å². The Labute approximate surface area is 136 Å². The summed E-state index contributed by atoms with van der Waals surface area (Å²) >= 11 is 3.37. The van der Waals surface area contributed by atoms with E-state index in [-0.39, 0.29) is 11.8 Å². The van der Waals surface area contributed by atoms with Gasteiger partial charge in [-0.3, -0.25) is 0 Å². The normalized spacial score (nSPS) is 13.6. The van der Waals surface area contributed by atoms with Gasteiger partial charge in [0.05, 0.1) is 5.75 Å². The Hall–Kier alpha value is -0.430. The number of hydrogen-bond acceptors (Lipinski definition) is 3. The molecule has 120 valence electrons. The minimum absolute atomic E-state index is 0.174. The summed E-state index contributed by atoms with van der Waals surface area (Å²) in [6, 6.07) is 7.90. The summed E-state index contributed by atoms with van der Waals surface area (Å²) in [6.45, 7) is 6.88. The first-order chi connectivity index (χ1) is 9.80. The van der Waals surface area contributed by atoms with Crippen molar-refractivity contribution in [3.8, 4) is 0 Å². The van der Waals surface area contributed by atoms with Gasteiger partial charge in [0.25, 0.3) is 0 Å². The molecule has 0 aromatic heterocycles. The van der Waals surface area contributed by atoms with Crippen molar-refractivity contribution in [1.82, 2.24) is 10.0 Å². The van der Waals surface area contributed by atoms with E-state index in [1.165, 1.54) is 0 Å². The third-order valence-corrected chi connectivity index (χ3v) is 5.19. The number of halogens is 1. The molecule has 1 aromatic carbocycles. The Bertz CT molecular complexity index is 515. The molecule has 21 heavy (non-hydrogen) atoms. The molecule has 2 N–H and O–H groups in total. The lowest BCUT2D eigenvalue weighted by Gasteiger charge is -2.15. The number of rotatable bonds is 9. The van der Waals surface area contributed by atoms with Crippen molar-refractivity contribution in [2.24, 2.45) is 0 Å². The second-order valence-corrected chi connectivity index (χ2v) is 8.32. The Morgan fingerprint density at radius 3 is 2.29 bits per heavy atom. The van der Waals surface area contributed by atoms with Gasteiger partial charge in [-0.2, -0.15) is 0 Å². The molecule has 6 heteroatoms. The van der Waals surface area contributed by atoms with Crippen molar-refractivity contribution in [1.29, 1.82) is 0 Å². The van der Waals surface area contributed by atoms with E-state index in [2.05, 4.69) is 39.8 Å². The molecule has 0 saturated heterocycles. The summed E-state index contributed by atoms with van der Waals surface area (Å²) in [5, 5.41) is 3.28. The molecule has 4 nitrogen and oxygen atoms in total. The van der Waals surface area contributed by atoms with Gasteiger partial charge < -0.3 is 5.32 Å². The fourth-order valence-corrected chi connectivity index (χ4v) is 3.60. The zero-order valence-electron chi connectivity index (χ0n) is 12.9. The van der Waals surface area contributed by atoms with E-state index >= 15 is 0 Å². The van der Waals surface area contributed by atoms with Crippen LogP contribution in [0, 0.1) is 0 Å². The van der Waals surface area contributed by atoms with Gasteiger partial charge >= 0.3 is 0 Å². The second kappa shape index (κ2) is 8.88. The average Bonchev–Trinajstić information content (AvgIpc) is 2.38. The monoisotopic (exact) mass is 376 g/mol. The summed E-state index contributed by atoms with van der Waals surface area (Å²) in [6.07, 6.45) is 1.54. The molecule has 0 saturated carbocycles. The maximum atomic E-state index is 12.0. The summed E-state index contributed by atoms with van der Waals surface area (Å²) in [5.41, 5.74) is 0.961. The van der Waals surface area contributed by atoms with Crippen LogP contribution in [-0.2, 0) is 10.0 Å². The quantitative estimate of drug-likeness (QED) is 0.650. The van der Waals surface area contributed by atoms with Crippen LogP contribution in [0.2, 0.25) is 0 Å². The smallest absolute Gasteiger partial charge is 0.212 e. The highest BCUT2D eigenvalue weighted by Crippen LogP contribution is 2.17. The van der Waals surface area contributed by atoms with Gasteiger partial charge in [0.2, 0.25) is 10.0 Å². The molecule has 0 fully saturated rings. The van der Waals surface area contributed by atoms with Gasteiger partial charge in [-0.05, 0) is 44.0 Å². The molecule has 1 rings (SSSR count). The van der Waals surface area contributed by atoms with Crippen molar-refractivity contribution in [2.45, 2.75) is 45.7 Å². The highest BCUT2D eigenvalue weighted by atomic mass is 79.9. The number of nitrogens with one attached hydrogen (secondary N) is 2. The summed E-state index contributed by atoms with van der Waals surface area (Å²) in [4.78, 5) is 0. The van der Waals surface area contributed by atoms with Crippen molar-refractivity contribution < 1.29 is 8.42 Å². The van der Waals surface area contributed by atoms with E-state index in [4.69, 9.17) is 0 Å². The fourth-order valence-electron chi connectivity index (χ4n) is 1.96. The molecular formula is C15H25BrN2O2S. The predicted molar refractivity (Wildman–Crippen MR) is 91.9 cm³/mol. The first-order valence-electron chi connectivity index (χ1n) is 7.29. The van der Waals surface area contributed by atoms with Crippen LogP contribution in [0.3, 0.4) is 0 Å². The highest BCUT2D eigenvalue weighted by Gasteiger charge is 2.15. The minimum atomic E-state index is -3.23. The van der Waals surface area contributed by atoms with Crippen molar-refractivity contribution in [3.05, 3.63) is 34.3 Å². The molecule has 0 radical (unpaired) electrons. The van der Waals surface area contributed by atoms with Crippen LogP contribution in [0.5, 0.6) is 0 Å². The maximum Gasteiger partial charge on any atom is 0.212 e. The topological polar surface area (TPSA) is 58.2 Å². The molecule has 0 amide bonds. The van der Waals surface area contributed by atoms with E-state index in [1.807, 2.05) is 31.2 Å². The van der Waals surface area contributed by atoms with Gasteiger partial charge in [0.15, 0.2) is 0 Å². The van der Waals surface area contributed by atoms with Crippen molar-refractivity contribution >= 4 is 26.0 Å². The van der Waals surface area contributed by atoms with Crippen molar-refractivity contribution in [2.75, 3.05) is 12.3 Å². The first-order valence-corrected chi connectivity index (χ1v) is 9.73. The van der Waals surface area contributed by atoms with Gasteiger partial charge in [0.1, 0.15) is 0 Å². The molecule has 0 bridgehead atoms. The zero-order chi connectivity index (χ0) is 15.9. The largest absolute Gasteiger partial charge is 0.315 e. The SMILES string of the molecule is CC(C)NCCCCS(=O)(=O)NC(C)c1ccc(Br)cc1. The fraction of sp³-hybridized carbons (Fsp3) is 0.600. The number of unbranched alkanes of at least 4 members (excludes halogenated alkanes) is 1. The van der Waals surface area contributed by atoms with Gasteiger partial charge in [-0.15, -0.1) is 0 Å². The average molecular weight is 377 g/mol. The van der Waals surface area contributed by atoms with Crippen LogP contribution in [0.25, 0.3) is 0 Å². The van der Waals surface area contributed by atoms with Crippen LogP contribution in [0.1, 0.15) is 45.2 Å². The molecule has 0 aliphatic carbocycles. The molecule has 1 aromatic rings. The Balaban J connectivity index is 2.39. The zero-order valence-corrected chi connectivity index (χ0v) is 15.3. The number of benzene rings is 1. The summed E-state index contributed by atoms with van der Waals surface area (Å²) < 4.78 is 27.8. The lowest BCUT2D eigenvalue weighted by atomic mass is 10.1. The molecule has 0 heterocycles. The number of sulfonamides is 1. The van der Waals surface area contributed by atoms with E-state index in [0.717, 1.165) is 23.0 Å². The molecule has 0 aliphatic rings. The molecule has 0 spiro atoms. The highest BCUT2D eigenvalue weighted by molar-refractivity contribution is 9.10. The van der Waals surface area contributed by atoms with Crippen LogP contribution in [0.4, 0.5) is 0 Å². The van der Waals surface area contributed by atoms with E-state index in [1.54, 1.807) is 0 Å². The van der Waals surface area contributed by atoms with E-state index in [9.17, 15) is 8.42 Å². The van der Waals surface area contributed by atoms with Gasteiger partial charge in [-0.25, -0.2) is 13.1 Å². The molecule has 0 aliphatic heterocycles. The van der Waals surface area contributed by atoms with E-state index < -0.39 is 10.0 Å². The third kappa shape index (κ3) is 7.95. The second-order valence-electron chi connectivity index (χ2n) is 5.53. The molecular weight excluding hydrogens is 352 g/mol. The number of hydrogen-bond donors (Lipinski definition) is 2. The lowest BCUT2D eigenvalue weighted by Crippen LogP contribution is -2.30. The minimum Gasteiger partial charge on any atom is -0.315 e. The molecule has 1 unspecified atom stereocenters. The van der Waals surface area contributed by atoms with Crippen LogP contribution in [0.15, 0.2) is 28.7 Å². The Morgan fingerprint density at radius 1 is 1.10 bits per heavy atom. The molecule has 1 atom stereocenters.